The molecule has 0 aliphatic carbocycles. The smallest absolute Gasteiger partial charge is 0.432 e. The van der Waals surface area contributed by atoms with Gasteiger partial charge >= 0.3 is 11.0 Å². The Morgan fingerprint density at radius 3 is 3.08 bits per heavy atom. The van der Waals surface area contributed by atoms with Crippen molar-refractivity contribution in [2.24, 2.45) is 0 Å². The first-order valence-electron chi connectivity index (χ1n) is 7.65. The molecule has 0 radical (unpaired) electrons. The average Bonchev–Trinajstić information content (AvgIpc) is 3.03. The third-order valence-electron chi connectivity index (χ3n) is 3.52. The fraction of sp³-hybridized carbons (Fsp3) is 0.571. The molecule has 3 N–H and O–H groups in total. The van der Waals surface area contributed by atoms with Gasteiger partial charge in [0.1, 0.15) is 12.7 Å². The summed E-state index contributed by atoms with van der Waals surface area (Å²) in [6.07, 6.45) is -1.92. The van der Waals surface area contributed by atoms with Crippen LogP contribution in [-0.2, 0) is 14.2 Å². The minimum atomic E-state index is -0.957. The van der Waals surface area contributed by atoms with Crippen molar-refractivity contribution < 1.29 is 24.1 Å². The van der Waals surface area contributed by atoms with Gasteiger partial charge in [0.2, 0.25) is 5.95 Å². The normalized spacial score (nSPS) is 23.3. The third-order valence-corrected chi connectivity index (χ3v) is 4.40. The van der Waals surface area contributed by atoms with Crippen LogP contribution >= 0.6 is 11.3 Å². The summed E-state index contributed by atoms with van der Waals surface area (Å²) in [7, 11) is 0. The van der Waals surface area contributed by atoms with Gasteiger partial charge in [-0.25, -0.2) is 9.78 Å². The highest BCUT2D eigenvalue weighted by Crippen LogP contribution is 2.31. The summed E-state index contributed by atoms with van der Waals surface area (Å²) in [5, 5.41) is 10.3. The molecule has 3 unspecified atom stereocenters. The van der Waals surface area contributed by atoms with Gasteiger partial charge in [0.25, 0.3) is 0 Å². The molecular formula is C14H18N4O6S. The van der Waals surface area contributed by atoms with Gasteiger partial charge in [-0.2, -0.15) is 4.98 Å². The van der Waals surface area contributed by atoms with Gasteiger partial charge in [-0.1, -0.05) is 11.3 Å². The Morgan fingerprint density at radius 1 is 1.60 bits per heavy atom. The monoisotopic (exact) mass is 370 g/mol. The highest BCUT2D eigenvalue weighted by atomic mass is 32.1. The molecule has 0 spiro atoms. The molecular weight excluding hydrogens is 352 g/mol. The maximum absolute atomic E-state index is 12.3. The zero-order valence-electron chi connectivity index (χ0n) is 13.6. The number of aromatic nitrogens is 3. The van der Waals surface area contributed by atoms with Crippen LogP contribution in [0.5, 0.6) is 0 Å². The van der Waals surface area contributed by atoms with Crippen LogP contribution in [0, 0.1) is 0 Å². The lowest BCUT2D eigenvalue weighted by atomic mass is 10.2. The summed E-state index contributed by atoms with van der Waals surface area (Å²) in [5.41, 5.74) is 5.87. The van der Waals surface area contributed by atoms with Crippen molar-refractivity contribution in [3.05, 3.63) is 15.9 Å². The number of carbonyl (C=O) groups excluding carboxylic acids is 1. The summed E-state index contributed by atoms with van der Waals surface area (Å²) in [6.45, 7) is 3.32. The van der Waals surface area contributed by atoms with Gasteiger partial charge in [-0.05, 0) is 13.8 Å². The molecule has 3 atom stereocenters. The highest BCUT2D eigenvalue weighted by molar-refractivity contribution is 7.16. The number of nitrogen functional groups attached to an aromatic ring is 1. The zero-order valence-corrected chi connectivity index (χ0v) is 14.4. The first-order chi connectivity index (χ1) is 11.8. The van der Waals surface area contributed by atoms with Gasteiger partial charge in [0.05, 0.1) is 23.1 Å². The SMILES string of the molecule is CC(C)OC(=O)OCC1CC(O)C(n2c(=O)sc3cnc(N)nc32)O1. The number of fused-ring (bicyclic) bond motifs is 1. The van der Waals surface area contributed by atoms with Gasteiger partial charge in [-0.15, -0.1) is 0 Å². The minimum absolute atomic E-state index is 0.0165. The Labute approximate surface area is 146 Å². The number of hydrogen-bond donors (Lipinski definition) is 2. The van der Waals surface area contributed by atoms with E-state index in [4.69, 9.17) is 19.9 Å². The summed E-state index contributed by atoms with van der Waals surface area (Å²) >= 11 is 0.933. The molecule has 25 heavy (non-hydrogen) atoms. The quantitative estimate of drug-likeness (QED) is 0.742. The number of rotatable bonds is 4. The number of aliphatic hydroxyl groups is 1. The van der Waals surface area contributed by atoms with Crippen LogP contribution in [0.25, 0.3) is 10.3 Å². The summed E-state index contributed by atoms with van der Waals surface area (Å²) in [6, 6.07) is 0. The number of hydrogen-bond acceptors (Lipinski definition) is 10. The molecule has 1 aliphatic rings. The number of nitrogens with zero attached hydrogens (tertiary/aromatic N) is 3. The van der Waals surface area contributed by atoms with Gasteiger partial charge in [-0.3, -0.25) is 9.36 Å². The van der Waals surface area contributed by atoms with Crippen LogP contribution in [0.1, 0.15) is 26.5 Å². The molecule has 2 aromatic rings. The lowest BCUT2D eigenvalue weighted by Gasteiger charge is -2.16. The molecule has 2 aromatic heterocycles. The third kappa shape index (κ3) is 3.72. The Bertz CT molecular complexity index is 834. The number of carbonyl (C=O) groups is 1. The Morgan fingerprint density at radius 2 is 2.36 bits per heavy atom. The number of ether oxygens (including phenoxy) is 3. The molecule has 1 aliphatic heterocycles. The van der Waals surface area contributed by atoms with E-state index < -0.39 is 24.6 Å². The molecule has 10 nitrogen and oxygen atoms in total. The largest absolute Gasteiger partial charge is 0.508 e. The van der Waals surface area contributed by atoms with E-state index in [-0.39, 0.29) is 30.0 Å². The van der Waals surface area contributed by atoms with Crippen molar-refractivity contribution in [2.75, 3.05) is 12.3 Å². The molecule has 3 heterocycles. The summed E-state index contributed by atoms with van der Waals surface area (Å²) in [5.74, 6) is 0.0165. The summed E-state index contributed by atoms with van der Waals surface area (Å²) in [4.78, 5) is 31.2. The van der Waals surface area contributed by atoms with E-state index in [1.54, 1.807) is 13.8 Å². The molecule has 11 heteroatoms. The van der Waals surface area contributed by atoms with Crippen LogP contribution in [0.4, 0.5) is 10.7 Å². The van der Waals surface area contributed by atoms with Crippen molar-refractivity contribution in [1.82, 2.24) is 14.5 Å². The second kappa shape index (κ2) is 6.94. The molecule has 0 aromatic carbocycles. The molecule has 136 valence electrons. The number of nitrogens with two attached hydrogens (primary N) is 1. The van der Waals surface area contributed by atoms with E-state index in [2.05, 4.69) is 9.97 Å². The van der Waals surface area contributed by atoms with Crippen LogP contribution in [0.2, 0.25) is 0 Å². The number of aliphatic hydroxyl groups excluding tert-OH is 1. The maximum Gasteiger partial charge on any atom is 0.508 e. The topological polar surface area (TPSA) is 139 Å². The molecule has 0 saturated carbocycles. The standard InChI is InChI=1S/C14H18N4O6S/c1-6(2)23-14(21)22-5-7-3-8(19)11(24-7)18-10-9(25-13(18)20)4-16-12(15)17-10/h4,6-8,11,19H,3,5H2,1-2H3,(H2,15,16,17). The second-order valence-corrected chi connectivity index (χ2v) is 6.83. The van der Waals surface area contributed by atoms with E-state index in [1.165, 1.54) is 10.8 Å². The first kappa shape index (κ1) is 17.6. The lowest BCUT2D eigenvalue weighted by Crippen LogP contribution is -2.27. The van der Waals surface area contributed by atoms with E-state index in [1.807, 2.05) is 0 Å². The van der Waals surface area contributed by atoms with Crippen LogP contribution in [0.3, 0.4) is 0 Å². The van der Waals surface area contributed by atoms with Crippen LogP contribution in [-0.4, -0.2) is 50.7 Å². The predicted molar refractivity (Wildman–Crippen MR) is 88.2 cm³/mol. The molecule has 1 fully saturated rings. The Balaban J connectivity index is 1.74. The second-order valence-electron chi connectivity index (χ2n) is 5.83. The van der Waals surface area contributed by atoms with Crippen molar-refractivity contribution in [1.29, 1.82) is 0 Å². The van der Waals surface area contributed by atoms with Crippen LogP contribution in [0.15, 0.2) is 11.0 Å². The van der Waals surface area contributed by atoms with Gasteiger partial charge in [0, 0.05) is 6.42 Å². The highest BCUT2D eigenvalue weighted by Gasteiger charge is 2.38. The van der Waals surface area contributed by atoms with Crippen LogP contribution < -0.4 is 10.6 Å². The van der Waals surface area contributed by atoms with Gasteiger partial charge in [0.15, 0.2) is 11.9 Å². The molecule has 3 rings (SSSR count). The molecule has 0 bridgehead atoms. The molecule has 0 amide bonds. The Hall–Kier alpha value is -2.24. The predicted octanol–water partition coefficient (Wildman–Crippen LogP) is 0.645. The van der Waals surface area contributed by atoms with E-state index in [0.29, 0.717) is 10.3 Å². The van der Waals surface area contributed by atoms with Gasteiger partial charge < -0.3 is 25.1 Å². The summed E-state index contributed by atoms with van der Waals surface area (Å²) < 4.78 is 17.3. The van der Waals surface area contributed by atoms with Crippen molar-refractivity contribution >= 4 is 33.8 Å². The van der Waals surface area contributed by atoms with E-state index in [0.717, 1.165) is 11.3 Å². The minimum Gasteiger partial charge on any atom is -0.432 e. The molecule has 1 saturated heterocycles. The van der Waals surface area contributed by atoms with Crippen molar-refractivity contribution in [3.63, 3.8) is 0 Å². The zero-order chi connectivity index (χ0) is 18.1. The fourth-order valence-corrected chi connectivity index (χ4v) is 3.35. The van der Waals surface area contributed by atoms with E-state index in [9.17, 15) is 14.7 Å². The number of thiazole rings is 1. The lowest BCUT2D eigenvalue weighted by molar-refractivity contribution is -0.0596. The van der Waals surface area contributed by atoms with E-state index >= 15 is 0 Å². The Kier molecular flexibility index (Phi) is 4.88. The number of anilines is 1. The first-order valence-corrected chi connectivity index (χ1v) is 8.47. The average molecular weight is 370 g/mol. The van der Waals surface area contributed by atoms with Crippen molar-refractivity contribution in [3.8, 4) is 0 Å². The van der Waals surface area contributed by atoms with Crippen molar-refractivity contribution in [2.45, 2.75) is 44.8 Å². The maximum atomic E-state index is 12.3. The fourth-order valence-electron chi connectivity index (χ4n) is 2.53.